The Labute approximate surface area is 64.1 Å². The zero-order valence-electron chi connectivity index (χ0n) is 5.21. The highest BCUT2D eigenvalue weighted by Gasteiger charge is 2.18. The smallest absolute Gasteiger partial charge is 0.103 e. The van der Waals surface area contributed by atoms with Gasteiger partial charge >= 0.3 is 0 Å². The fourth-order valence-corrected chi connectivity index (χ4v) is 0.699. The second-order valence-corrected chi connectivity index (χ2v) is 1.94. The summed E-state index contributed by atoms with van der Waals surface area (Å²) < 4.78 is 0. The van der Waals surface area contributed by atoms with Gasteiger partial charge in [-0.2, -0.15) is 15.2 Å². The van der Waals surface area contributed by atoms with Gasteiger partial charge in [-0.25, -0.2) is 0 Å². The van der Waals surface area contributed by atoms with Crippen LogP contribution in [0.15, 0.2) is 0 Å². The third-order valence-electron chi connectivity index (χ3n) is 0.979. The van der Waals surface area contributed by atoms with Gasteiger partial charge in [0.15, 0.2) is 0 Å². The van der Waals surface area contributed by atoms with E-state index in [-0.39, 0.29) is 32.4 Å². The van der Waals surface area contributed by atoms with Gasteiger partial charge in [0.2, 0.25) is 0 Å². The molecular weight excluding hydrogens is 162 g/mol. The predicted octanol–water partition coefficient (Wildman–Crippen LogP) is -0.632. The molecule has 7 heteroatoms. The molecule has 0 amide bonds. The molecule has 0 unspecified atom stereocenters. The van der Waals surface area contributed by atoms with Crippen LogP contribution >= 0.6 is 12.4 Å². The van der Waals surface area contributed by atoms with Gasteiger partial charge < -0.3 is 15.6 Å². The maximum atomic E-state index is 8.68. The molecule has 0 aliphatic carbocycles. The lowest BCUT2D eigenvalue weighted by atomic mass is 10.7. The first-order valence-electron chi connectivity index (χ1n) is 2.50. The average molecular weight is 172 g/mol. The van der Waals surface area contributed by atoms with Gasteiger partial charge in [0.1, 0.15) is 20.0 Å². The summed E-state index contributed by atoms with van der Waals surface area (Å²) >= 11 is 0. The molecule has 62 valence electrons. The Hall–Kier alpha value is 0.0500. The Morgan fingerprint density at radius 2 is 0.900 bits per heavy atom. The van der Waals surface area contributed by atoms with Crippen LogP contribution in [0.4, 0.5) is 0 Å². The van der Waals surface area contributed by atoms with Crippen molar-refractivity contribution in [3.63, 3.8) is 0 Å². The molecule has 6 nitrogen and oxygen atoms in total. The van der Waals surface area contributed by atoms with E-state index < -0.39 is 0 Å². The minimum atomic E-state index is 0. The number of halogens is 1. The van der Waals surface area contributed by atoms with Gasteiger partial charge in [-0.3, -0.25) is 0 Å². The van der Waals surface area contributed by atoms with Crippen LogP contribution in [0.3, 0.4) is 0 Å². The maximum Gasteiger partial charge on any atom is 0.103 e. The van der Waals surface area contributed by atoms with E-state index in [1.165, 1.54) is 0 Å². The first-order valence-corrected chi connectivity index (χ1v) is 2.50. The Morgan fingerprint density at radius 1 is 0.700 bits per heavy atom. The van der Waals surface area contributed by atoms with E-state index >= 15 is 0 Å². The Balaban J connectivity index is 0.000000810. The summed E-state index contributed by atoms with van der Waals surface area (Å²) in [5, 5.41) is 28.4. The van der Waals surface area contributed by atoms with Crippen LogP contribution in [0.2, 0.25) is 0 Å². The third kappa shape index (κ3) is 2.76. The summed E-state index contributed by atoms with van der Waals surface area (Å²) in [7, 11) is 0. The molecule has 1 saturated heterocycles. The van der Waals surface area contributed by atoms with Gasteiger partial charge in [-0.05, 0) is 0 Å². The summed E-state index contributed by atoms with van der Waals surface area (Å²) in [6.07, 6.45) is 0. The molecule has 1 aliphatic heterocycles. The fraction of sp³-hybridized carbons (Fsp3) is 1.00. The van der Waals surface area contributed by atoms with Crippen LogP contribution in [0.1, 0.15) is 0 Å². The first-order chi connectivity index (χ1) is 4.18. The van der Waals surface area contributed by atoms with E-state index in [0.29, 0.717) is 0 Å². The monoisotopic (exact) mass is 171 g/mol. The topological polar surface area (TPSA) is 70.4 Å². The summed E-state index contributed by atoms with van der Waals surface area (Å²) in [5.41, 5.74) is 0. The van der Waals surface area contributed by atoms with Crippen molar-refractivity contribution in [1.29, 1.82) is 0 Å². The van der Waals surface area contributed by atoms with E-state index in [1.54, 1.807) is 0 Å². The largest absolute Gasteiger partial charge is 0.311 e. The van der Waals surface area contributed by atoms with Crippen molar-refractivity contribution in [2.24, 2.45) is 0 Å². The van der Waals surface area contributed by atoms with E-state index in [0.717, 1.165) is 15.2 Å². The normalized spacial score (nSPS) is 24.3. The molecule has 3 N–H and O–H groups in total. The van der Waals surface area contributed by atoms with Crippen LogP contribution < -0.4 is 0 Å². The van der Waals surface area contributed by atoms with E-state index in [1.807, 2.05) is 0 Å². The first kappa shape index (κ1) is 10.0. The molecule has 0 aromatic carbocycles. The number of hydrogen-bond donors (Lipinski definition) is 3. The van der Waals surface area contributed by atoms with Crippen LogP contribution in [-0.2, 0) is 0 Å². The zero-order valence-corrected chi connectivity index (χ0v) is 6.03. The lowest BCUT2D eigenvalue weighted by molar-refractivity contribution is -0.326. The maximum absolute atomic E-state index is 8.68. The van der Waals surface area contributed by atoms with Crippen molar-refractivity contribution in [2.75, 3.05) is 20.0 Å². The Morgan fingerprint density at radius 3 is 1.10 bits per heavy atom. The standard InChI is InChI=1S/C3H9N3O3.ClH/c7-4-1-5(8)3-6(9)2-4;/h7-9H,1-3H2;1H. The number of nitrogens with zero attached hydrogens (tertiary/aromatic N) is 3. The molecule has 1 fully saturated rings. The molecule has 1 heterocycles. The minimum absolute atomic E-state index is 0. The van der Waals surface area contributed by atoms with Crippen molar-refractivity contribution >= 4 is 12.4 Å². The van der Waals surface area contributed by atoms with E-state index in [4.69, 9.17) is 15.6 Å². The highest BCUT2D eigenvalue weighted by Crippen LogP contribution is 1.97. The SMILES string of the molecule is Cl.ON1CN(O)CN(O)C1. The van der Waals surface area contributed by atoms with Crippen molar-refractivity contribution in [2.45, 2.75) is 0 Å². The zero-order chi connectivity index (χ0) is 6.85. The van der Waals surface area contributed by atoms with Crippen LogP contribution in [0, 0.1) is 0 Å². The summed E-state index contributed by atoms with van der Waals surface area (Å²) in [6.45, 7) is 0.116. The van der Waals surface area contributed by atoms with E-state index in [2.05, 4.69) is 0 Å². The molecule has 0 aromatic rings. The van der Waals surface area contributed by atoms with Crippen molar-refractivity contribution in [3.05, 3.63) is 0 Å². The molecule has 1 aliphatic rings. The molecule has 0 saturated carbocycles. The van der Waals surface area contributed by atoms with E-state index in [9.17, 15) is 0 Å². The summed E-state index contributed by atoms with van der Waals surface area (Å²) in [4.78, 5) is 0. The highest BCUT2D eigenvalue weighted by atomic mass is 35.5. The van der Waals surface area contributed by atoms with Gasteiger partial charge in [-0.15, -0.1) is 12.4 Å². The number of rotatable bonds is 0. The molecule has 0 radical (unpaired) electrons. The van der Waals surface area contributed by atoms with Crippen molar-refractivity contribution < 1.29 is 15.6 Å². The van der Waals surface area contributed by atoms with Gasteiger partial charge in [0.25, 0.3) is 0 Å². The Kier molecular flexibility index (Phi) is 4.06. The lowest BCUT2D eigenvalue weighted by Gasteiger charge is -2.31. The fourth-order valence-electron chi connectivity index (χ4n) is 0.699. The summed E-state index contributed by atoms with van der Waals surface area (Å²) in [6, 6.07) is 0. The number of hydrogen-bond acceptors (Lipinski definition) is 6. The van der Waals surface area contributed by atoms with Crippen LogP contribution in [0.5, 0.6) is 0 Å². The van der Waals surface area contributed by atoms with Gasteiger partial charge in [0, 0.05) is 0 Å². The second kappa shape index (κ2) is 4.04. The quantitative estimate of drug-likeness (QED) is 0.451. The highest BCUT2D eigenvalue weighted by molar-refractivity contribution is 5.85. The van der Waals surface area contributed by atoms with Gasteiger partial charge in [0.05, 0.1) is 0 Å². The lowest BCUT2D eigenvalue weighted by Crippen LogP contribution is -2.51. The Bertz CT molecular complexity index is 80.0. The molecule has 0 bridgehead atoms. The van der Waals surface area contributed by atoms with Gasteiger partial charge in [-0.1, -0.05) is 0 Å². The molecule has 0 spiro atoms. The third-order valence-corrected chi connectivity index (χ3v) is 0.979. The second-order valence-electron chi connectivity index (χ2n) is 1.94. The minimum Gasteiger partial charge on any atom is -0.311 e. The van der Waals surface area contributed by atoms with Crippen molar-refractivity contribution in [3.8, 4) is 0 Å². The van der Waals surface area contributed by atoms with Crippen molar-refractivity contribution in [1.82, 2.24) is 15.2 Å². The van der Waals surface area contributed by atoms with Crippen LogP contribution in [-0.4, -0.2) is 50.8 Å². The molecule has 1 rings (SSSR count). The molecule has 10 heavy (non-hydrogen) atoms. The average Bonchev–Trinajstić information content (AvgIpc) is 1.59. The van der Waals surface area contributed by atoms with Crippen LogP contribution in [0.25, 0.3) is 0 Å². The predicted molar refractivity (Wildman–Crippen MR) is 32.7 cm³/mol. The number of hydroxylamine groups is 6. The molecule has 0 atom stereocenters. The molecular formula is C3H10ClN3O3. The summed E-state index contributed by atoms with van der Waals surface area (Å²) in [5.74, 6) is 0. The molecule has 0 aromatic heterocycles.